The van der Waals surface area contributed by atoms with Gasteiger partial charge in [-0.1, -0.05) is 12.1 Å². The van der Waals surface area contributed by atoms with Crippen molar-refractivity contribution in [3.05, 3.63) is 42.0 Å². The molecular weight excluding hydrogens is 270 g/mol. The summed E-state index contributed by atoms with van der Waals surface area (Å²) in [5.41, 5.74) is 7.50. The van der Waals surface area contributed by atoms with E-state index in [0.29, 0.717) is 30.3 Å². The van der Waals surface area contributed by atoms with Gasteiger partial charge in [-0.3, -0.25) is 4.79 Å². The number of fused-ring (bicyclic) bond motifs is 1. The van der Waals surface area contributed by atoms with Gasteiger partial charge in [0.2, 0.25) is 0 Å². The maximum atomic E-state index is 11.6. The molecule has 0 saturated heterocycles. The van der Waals surface area contributed by atoms with Gasteiger partial charge in [0.05, 0.1) is 12.7 Å². The number of hydrogen-bond donors (Lipinski definition) is 1. The summed E-state index contributed by atoms with van der Waals surface area (Å²) in [4.78, 5) is 11.6. The Morgan fingerprint density at radius 1 is 1.14 bits per heavy atom. The Kier molecular flexibility index (Phi) is 3.39. The van der Waals surface area contributed by atoms with E-state index in [1.54, 1.807) is 13.2 Å². The lowest BCUT2D eigenvalue weighted by molar-refractivity contribution is 0.0989. The van der Waals surface area contributed by atoms with Crippen LogP contribution in [0.4, 0.5) is 0 Å². The first kappa shape index (κ1) is 13.3. The quantitative estimate of drug-likeness (QED) is 0.938. The number of hydrogen-bond acceptors (Lipinski definition) is 4. The number of ether oxygens (including phenoxy) is 3. The standard InChI is InChI=1S/C16H15NO4/c1-19-12-4-2-3-10(7-12)11-8-13(16(17)18)15-14(9-11)20-5-6-21-15/h2-4,7-9H,5-6H2,1H3,(H2,17,18). The molecule has 0 atom stereocenters. The molecule has 0 bridgehead atoms. The van der Waals surface area contributed by atoms with E-state index in [0.717, 1.165) is 16.9 Å². The van der Waals surface area contributed by atoms with Crippen molar-refractivity contribution in [1.82, 2.24) is 0 Å². The van der Waals surface area contributed by atoms with E-state index >= 15 is 0 Å². The fraction of sp³-hybridized carbons (Fsp3) is 0.188. The van der Waals surface area contributed by atoms with Gasteiger partial charge in [-0.15, -0.1) is 0 Å². The number of benzene rings is 2. The van der Waals surface area contributed by atoms with E-state index in [4.69, 9.17) is 19.9 Å². The van der Waals surface area contributed by atoms with Crippen LogP contribution in [-0.4, -0.2) is 26.2 Å². The van der Waals surface area contributed by atoms with Crippen LogP contribution in [0.1, 0.15) is 10.4 Å². The molecule has 5 heteroatoms. The Morgan fingerprint density at radius 3 is 2.71 bits per heavy atom. The average Bonchev–Trinajstić information content (AvgIpc) is 2.53. The van der Waals surface area contributed by atoms with Crippen LogP contribution in [0, 0.1) is 0 Å². The van der Waals surface area contributed by atoms with Gasteiger partial charge in [-0.05, 0) is 35.4 Å². The van der Waals surface area contributed by atoms with Gasteiger partial charge < -0.3 is 19.9 Å². The minimum absolute atomic E-state index is 0.324. The summed E-state index contributed by atoms with van der Waals surface area (Å²) in [5, 5.41) is 0. The first-order chi connectivity index (χ1) is 10.2. The van der Waals surface area contributed by atoms with E-state index in [1.165, 1.54) is 0 Å². The third kappa shape index (κ3) is 2.50. The molecule has 1 amide bonds. The Balaban J connectivity index is 2.14. The van der Waals surface area contributed by atoms with Crippen LogP contribution in [0.15, 0.2) is 36.4 Å². The number of rotatable bonds is 3. The molecule has 1 aliphatic rings. The molecule has 0 fully saturated rings. The van der Waals surface area contributed by atoms with Gasteiger partial charge >= 0.3 is 0 Å². The first-order valence-corrected chi connectivity index (χ1v) is 6.57. The summed E-state index contributed by atoms with van der Waals surface area (Å²) in [6.07, 6.45) is 0. The largest absolute Gasteiger partial charge is 0.497 e. The highest BCUT2D eigenvalue weighted by Crippen LogP contribution is 2.38. The highest BCUT2D eigenvalue weighted by molar-refractivity contribution is 5.98. The molecule has 0 unspecified atom stereocenters. The van der Waals surface area contributed by atoms with Crippen LogP contribution in [0.3, 0.4) is 0 Å². The molecule has 1 heterocycles. The van der Waals surface area contributed by atoms with Gasteiger partial charge in [0, 0.05) is 0 Å². The number of methoxy groups -OCH3 is 1. The topological polar surface area (TPSA) is 70.8 Å². The zero-order valence-corrected chi connectivity index (χ0v) is 11.6. The van der Waals surface area contributed by atoms with Crippen LogP contribution < -0.4 is 19.9 Å². The Bertz CT molecular complexity index is 697. The monoisotopic (exact) mass is 285 g/mol. The van der Waals surface area contributed by atoms with Crippen molar-refractivity contribution in [2.24, 2.45) is 5.73 Å². The Morgan fingerprint density at radius 2 is 1.95 bits per heavy atom. The van der Waals surface area contributed by atoms with E-state index < -0.39 is 5.91 Å². The molecule has 0 aromatic heterocycles. The molecule has 0 spiro atoms. The summed E-state index contributed by atoms with van der Waals surface area (Å²) in [7, 11) is 1.61. The maximum Gasteiger partial charge on any atom is 0.252 e. The number of carbonyl (C=O) groups is 1. The lowest BCUT2D eigenvalue weighted by Crippen LogP contribution is -2.20. The van der Waals surface area contributed by atoms with Crippen molar-refractivity contribution in [3.8, 4) is 28.4 Å². The van der Waals surface area contributed by atoms with Gasteiger partial charge in [0.1, 0.15) is 19.0 Å². The fourth-order valence-corrected chi connectivity index (χ4v) is 2.31. The summed E-state index contributed by atoms with van der Waals surface area (Å²) in [5.74, 6) is 1.15. The summed E-state index contributed by atoms with van der Waals surface area (Å²) < 4.78 is 16.3. The molecule has 2 N–H and O–H groups in total. The predicted octanol–water partition coefficient (Wildman–Crippen LogP) is 2.23. The average molecular weight is 285 g/mol. The maximum absolute atomic E-state index is 11.6. The van der Waals surface area contributed by atoms with Gasteiger partial charge in [-0.25, -0.2) is 0 Å². The van der Waals surface area contributed by atoms with Gasteiger partial charge in [0.25, 0.3) is 5.91 Å². The van der Waals surface area contributed by atoms with Crippen LogP contribution in [0.2, 0.25) is 0 Å². The first-order valence-electron chi connectivity index (χ1n) is 6.57. The van der Waals surface area contributed by atoms with E-state index in [-0.39, 0.29) is 0 Å². The number of carbonyl (C=O) groups excluding carboxylic acids is 1. The van der Waals surface area contributed by atoms with Crippen LogP contribution in [0.25, 0.3) is 11.1 Å². The molecule has 0 aliphatic carbocycles. The lowest BCUT2D eigenvalue weighted by Gasteiger charge is -2.21. The van der Waals surface area contributed by atoms with Crippen LogP contribution in [0.5, 0.6) is 17.2 Å². The highest BCUT2D eigenvalue weighted by Gasteiger charge is 2.21. The summed E-state index contributed by atoms with van der Waals surface area (Å²) in [6, 6.07) is 11.1. The smallest absolute Gasteiger partial charge is 0.252 e. The second-order valence-corrected chi connectivity index (χ2v) is 4.64. The van der Waals surface area contributed by atoms with Gasteiger partial charge in [0.15, 0.2) is 11.5 Å². The van der Waals surface area contributed by atoms with Crippen LogP contribution in [-0.2, 0) is 0 Å². The molecule has 108 valence electrons. The van der Waals surface area contributed by atoms with Crippen LogP contribution >= 0.6 is 0 Å². The minimum Gasteiger partial charge on any atom is -0.497 e. The Labute approximate surface area is 122 Å². The number of amides is 1. The summed E-state index contributed by atoms with van der Waals surface area (Å²) >= 11 is 0. The van der Waals surface area contributed by atoms with E-state index in [1.807, 2.05) is 30.3 Å². The molecule has 3 rings (SSSR count). The van der Waals surface area contributed by atoms with Crippen molar-refractivity contribution in [1.29, 1.82) is 0 Å². The van der Waals surface area contributed by atoms with E-state index in [2.05, 4.69) is 0 Å². The minimum atomic E-state index is -0.540. The molecule has 21 heavy (non-hydrogen) atoms. The zero-order valence-electron chi connectivity index (χ0n) is 11.6. The second-order valence-electron chi connectivity index (χ2n) is 4.64. The number of primary amides is 1. The normalized spacial score (nSPS) is 12.8. The molecular formula is C16H15NO4. The third-order valence-electron chi connectivity index (χ3n) is 3.31. The highest BCUT2D eigenvalue weighted by atomic mass is 16.6. The Hall–Kier alpha value is -2.69. The third-order valence-corrected chi connectivity index (χ3v) is 3.31. The second kappa shape index (κ2) is 5.36. The lowest BCUT2D eigenvalue weighted by atomic mass is 10.0. The predicted molar refractivity (Wildman–Crippen MR) is 77.9 cm³/mol. The van der Waals surface area contributed by atoms with Crippen molar-refractivity contribution < 1.29 is 19.0 Å². The SMILES string of the molecule is COc1cccc(-c2cc3c(c(C(N)=O)c2)OCCO3)c1. The summed E-state index contributed by atoms with van der Waals surface area (Å²) in [6.45, 7) is 0.860. The molecule has 2 aromatic carbocycles. The van der Waals surface area contributed by atoms with Crippen molar-refractivity contribution in [2.45, 2.75) is 0 Å². The molecule has 2 aromatic rings. The molecule has 1 aliphatic heterocycles. The van der Waals surface area contributed by atoms with Crippen molar-refractivity contribution >= 4 is 5.91 Å². The van der Waals surface area contributed by atoms with Crippen molar-refractivity contribution in [2.75, 3.05) is 20.3 Å². The van der Waals surface area contributed by atoms with Gasteiger partial charge in [-0.2, -0.15) is 0 Å². The molecule has 0 radical (unpaired) electrons. The number of nitrogens with two attached hydrogens (primary N) is 1. The van der Waals surface area contributed by atoms with E-state index in [9.17, 15) is 4.79 Å². The molecule has 5 nitrogen and oxygen atoms in total. The fourth-order valence-electron chi connectivity index (χ4n) is 2.31. The zero-order chi connectivity index (χ0) is 14.8. The van der Waals surface area contributed by atoms with Crippen molar-refractivity contribution in [3.63, 3.8) is 0 Å². The molecule has 0 saturated carbocycles.